The van der Waals surface area contributed by atoms with E-state index in [0.717, 1.165) is 0 Å². The SMILES string of the molecule is COc1cc2ncnc(Oc3ccc4c(c3)OCO4)c2cc1OC. The Kier molecular flexibility index (Phi) is 3.45. The average molecular weight is 326 g/mol. The Hall–Kier alpha value is -3.22. The number of aromatic nitrogens is 2. The van der Waals surface area contributed by atoms with Gasteiger partial charge in [-0.1, -0.05) is 0 Å². The highest BCUT2D eigenvalue weighted by molar-refractivity contribution is 5.87. The lowest BCUT2D eigenvalue weighted by molar-refractivity contribution is 0.174. The fraction of sp³-hybridized carbons (Fsp3) is 0.176. The highest BCUT2D eigenvalue weighted by atomic mass is 16.7. The van der Waals surface area contributed by atoms with Crippen LogP contribution in [0.2, 0.25) is 0 Å². The van der Waals surface area contributed by atoms with Gasteiger partial charge >= 0.3 is 0 Å². The van der Waals surface area contributed by atoms with E-state index in [1.165, 1.54) is 6.33 Å². The third-order valence-corrected chi connectivity index (χ3v) is 3.66. The monoisotopic (exact) mass is 326 g/mol. The molecule has 2 aromatic carbocycles. The Morgan fingerprint density at radius 2 is 1.71 bits per heavy atom. The van der Waals surface area contributed by atoms with E-state index in [2.05, 4.69) is 9.97 Å². The van der Waals surface area contributed by atoms with Crippen molar-refractivity contribution in [1.82, 2.24) is 9.97 Å². The lowest BCUT2D eigenvalue weighted by atomic mass is 10.2. The minimum atomic E-state index is 0.215. The predicted molar refractivity (Wildman–Crippen MR) is 85.3 cm³/mol. The van der Waals surface area contributed by atoms with Crippen LogP contribution in [0, 0.1) is 0 Å². The molecule has 1 aliphatic rings. The summed E-state index contributed by atoms with van der Waals surface area (Å²) in [6.07, 6.45) is 1.44. The van der Waals surface area contributed by atoms with Crippen molar-refractivity contribution in [3.63, 3.8) is 0 Å². The van der Waals surface area contributed by atoms with Gasteiger partial charge in [-0.15, -0.1) is 0 Å². The third-order valence-electron chi connectivity index (χ3n) is 3.66. The summed E-state index contributed by atoms with van der Waals surface area (Å²) in [7, 11) is 3.15. The first-order chi connectivity index (χ1) is 11.8. The van der Waals surface area contributed by atoms with Crippen molar-refractivity contribution in [2.75, 3.05) is 21.0 Å². The zero-order valence-electron chi connectivity index (χ0n) is 13.1. The highest BCUT2D eigenvalue weighted by Crippen LogP contribution is 2.39. The molecule has 4 rings (SSSR count). The van der Waals surface area contributed by atoms with E-state index in [1.54, 1.807) is 44.6 Å². The molecule has 1 aliphatic heterocycles. The predicted octanol–water partition coefficient (Wildman–Crippen LogP) is 3.17. The maximum absolute atomic E-state index is 5.91. The Bertz CT molecular complexity index is 913. The highest BCUT2D eigenvalue weighted by Gasteiger charge is 2.16. The summed E-state index contributed by atoms with van der Waals surface area (Å²) in [6.45, 7) is 0.215. The van der Waals surface area contributed by atoms with Gasteiger partial charge in [-0.05, 0) is 18.2 Å². The Labute approximate surface area is 137 Å². The van der Waals surface area contributed by atoms with Crippen molar-refractivity contribution >= 4 is 10.9 Å². The Morgan fingerprint density at radius 3 is 2.54 bits per heavy atom. The number of hydrogen-bond donors (Lipinski definition) is 0. The molecule has 0 N–H and O–H groups in total. The van der Waals surface area contributed by atoms with Crippen molar-refractivity contribution in [1.29, 1.82) is 0 Å². The molecule has 0 fully saturated rings. The number of hydrogen-bond acceptors (Lipinski definition) is 7. The largest absolute Gasteiger partial charge is 0.493 e. The molecule has 1 aromatic heterocycles. The molecule has 7 nitrogen and oxygen atoms in total. The number of ether oxygens (including phenoxy) is 5. The van der Waals surface area contributed by atoms with E-state index in [4.69, 9.17) is 23.7 Å². The molecule has 0 unspecified atom stereocenters. The first kappa shape index (κ1) is 14.4. The van der Waals surface area contributed by atoms with Gasteiger partial charge in [-0.2, -0.15) is 0 Å². The summed E-state index contributed by atoms with van der Waals surface area (Å²) in [5.41, 5.74) is 0.693. The van der Waals surface area contributed by atoms with Crippen LogP contribution >= 0.6 is 0 Å². The molecular weight excluding hydrogens is 312 g/mol. The van der Waals surface area contributed by atoms with E-state index in [0.29, 0.717) is 45.5 Å². The minimum absolute atomic E-state index is 0.215. The van der Waals surface area contributed by atoms with E-state index in [-0.39, 0.29) is 6.79 Å². The van der Waals surface area contributed by atoms with Crippen molar-refractivity contribution in [3.05, 3.63) is 36.7 Å². The summed E-state index contributed by atoms with van der Waals surface area (Å²) >= 11 is 0. The quantitative estimate of drug-likeness (QED) is 0.729. The lowest BCUT2D eigenvalue weighted by Gasteiger charge is -2.11. The van der Waals surface area contributed by atoms with Crippen LogP contribution in [0.4, 0.5) is 0 Å². The molecule has 0 spiro atoms. The molecule has 0 saturated carbocycles. The van der Waals surface area contributed by atoms with Crippen LogP contribution in [0.3, 0.4) is 0 Å². The van der Waals surface area contributed by atoms with Gasteiger partial charge in [0.1, 0.15) is 12.1 Å². The van der Waals surface area contributed by atoms with Gasteiger partial charge in [0.05, 0.1) is 25.1 Å². The Morgan fingerprint density at radius 1 is 0.917 bits per heavy atom. The van der Waals surface area contributed by atoms with Crippen LogP contribution in [0.5, 0.6) is 34.6 Å². The second-order valence-corrected chi connectivity index (χ2v) is 5.02. The first-order valence-electron chi connectivity index (χ1n) is 7.22. The van der Waals surface area contributed by atoms with Crippen LogP contribution in [0.25, 0.3) is 10.9 Å². The van der Waals surface area contributed by atoms with Gasteiger partial charge in [0.25, 0.3) is 0 Å². The van der Waals surface area contributed by atoms with Gasteiger partial charge in [0.2, 0.25) is 12.7 Å². The van der Waals surface area contributed by atoms with Gasteiger partial charge in [-0.25, -0.2) is 9.97 Å². The maximum atomic E-state index is 5.91. The molecular formula is C17H14N2O5. The van der Waals surface area contributed by atoms with Gasteiger partial charge in [-0.3, -0.25) is 0 Å². The zero-order valence-corrected chi connectivity index (χ0v) is 13.1. The summed E-state index contributed by atoms with van der Waals surface area (Å²) < 4.78 is 27.2. The second kappa shape index (κ2) is 5.77. The molecule has 0 aliphatic carbocycles. The number of fused-ring (bicyclic) bond motifs is 2. The van der Waals surface area contributed by atoms with E-state index in [9.17, 15) is 0 Å². The normalized spacial score (nSPS) is 12.2. The number of benzene rings is 2. The molecule has 0 amide bonds. The molecule has 0 saturated heterocycles. The summed E-state index contributed by atoms with van der Waals surface area (Å²) in [4.78, 5) is 8.48. The molecule has 7 heteroatoms. The van der Waals surface area contributed by atoms with Gasteiger partial charge < -0.3 is 23.7 Å². The summed E-state index contributed by atoms with van der Waals surface area (Å²) in [5.74, 6) is 3.52. The molecule has 2 heterocycles. The van der Waals surface area contributed by atoms with Crippen LogP contribution < -0.4 is 23.7 Å². The molecule has 24 heavy (non-hydrogen) atoms. The fourth-order valence-corrected chi connectivity index (χ4v) is 2.49. The average Bonchev–Trinajstić information content (AvgIpc) is 3.08. The van der Waals surface area contributed by atoms with Crippen LogP contribution in [0.1, 0.15) is 0 Å². The van der Waals surface area contributed by atoms with E-state index in [1.807, 2.05) is 0 Å². The number of rotatable bonds is 4. The third kappa shape index (κ3) is 2.40. The fourth-order valence-electron chi connectivity index (χ4n) is 2.49. The van der Waals surface area contributed by atoms with Crippen molar-refractivity contribution in [3.8, 4) is 34.6 Å². The van der Waals surface area contributed by atoms with E-state index < -0.39 is 0 Å². The van der Waals surface area contributed by atoms with Crippen LogP contribution in [-0.2, 0) is 0 Å². The smallest absolute Gasteiger partial charge is 0.231 e. The topological polar surface area (TPSA) is 71.9 Å². The first-order valence-corrected chi connectivity index (χ1v) is 7.22. The van der Waals surface area contributed by atoms with Gasteiger partial charge in [0.15, 0.2) is 23.0 Å². The van der Waals surface area contributed by atoms with Crippen LogP contribution in [0.15, 0.2) is 36.7 Å². The summed E-state index contributed by atoms with van der Waals surface area (Å²) in [6, 6.07) is 8.92. The number of methoxy groups -OCH3 is 2. The number of nitrogens with zero attached hydrogens (tertiary/aromatic N) is 2. The molecule has 0 atom stereocenters. The van der Waals surface area contributed by atoms with Crippen molar-refractivity contribution in [2.45, 2.75) is 0 Å². The second-order valence-electron chi connectivity index (χ2n) is 5.02. The maximum Gasteiger partial charge on any atom is 0.231 e. The van der Waals surface area contributed by atoms with Gasteiger partial charge in [0, 0.05) is 12.1 Å². The van der Waals surface area contributed by atoms with Crippen molar-refractivity contribution in [2.24, 2.45) is 0 Å². The zero-order chi connectivity index (χ0) is 16.5. The molecule has 0 bridgehead atoms. The Balaban J connectivity index is 1.76. The van der Waals surface area contributed by atoms with Crippen molar-refractivity contribution < 1.29 is 23.7 Å². The molecule has 0 radical (unpaired) electrons. The standard InChI is InChI=1S/C17H14N2O5/c1-20-14-6-11-12(7-15(14)21-2)18-8-19-17(11)24-10-3-4-13-16(5-10)23-9-22-13/h3-8H,9H2,1-2H3. The van der Waals surface area contributed by atoms with E-state index >= 15 is 0 Å². The molecule has 3 aromatic rings. The van der Waals surface area contributed by atoms with Crippen LogP contribution in [-0.4, -0.2) is 31.0 Å². The lowest BCUT2D eigenvalue weighted by Crippen LogP contribution is -1.95. The minimum Gasteiger partial charge on any atom is -0.493 e. The summed E-state index contributed by atoms with van der Waals surface area (Å²) in [5, 5.41) is 0.716. The molecule has 122 valence electrons.